The smallest absolute Gasteiger partial charge is 0.273 e. The molecule has 0 aromatic carbocycles. The average Bonchev–Trinajstić information content (AvgIpc) is 3.25. The molecule has 1 unspecified atom stereocenters. The molecule has 1 aromatic rings. The normalized spacial score (nSPS) is 21.2. The summed E-state index contributed by atoms with van der Waals surface area (Å²) in [6, 6.07) is 2.13. The zero-order valence-electron chi connectivity index (χ0n) is 12.9. The third-order valence-electron chi connectivity index (χ3n) is 4.88. The maximum Gasteiger partial charge on any atom is 0.273 e. The van der Waals surface area contributed by atoms with Gasteiger partial charge in [0.05, 0.1) is 0 Å². The van der Waals surface area contributed by atoms with Gasteiger partial charge in [0.25, 0.3) is 5.91 Å². The number of amides is 1. The van der Waals surface area contributed by atoms with Crippen LogP contribution < -0.4 is 5.32 Å². The molecule has 0 saturated heterocycles. The SMILES string of the molecule is CCCC(NC(=O)c1cc(C2CC2)on1)C1CCCCC1. The molecule has 2 fully saturated rings. The summed E-state index contributed by atoms with van der Waals surface area (Å²) in [6.07, 6.45) is 10.9. The van der Waals surface area contributed by atoms with Crippen LogP contribution >= 0.6 is 0 Å². The molecule has 2 aliphatic rings. The van der Waals surface area contributed by atoms with Gasteiger partial charge in [0.1, 0.15) is 5.76 Å². The van der Waals surface area contributed by atoms with E-state index in [-0.39, 0.29) is 5.91 Å². The van der Waals surface area contributed by atoms with Gasteiger partial charge in [0.2, 0.25) is 0 Å². The van der Waals surface area contributed by atoms with Crippen molar-refractivity contribution in [2.75, 3.05) is 0 Å². The van der Waals surface area contributed by atoms with Gasteiger partial charge in [-0.3, -0.25) is 4.79 Å². The number of carbonyl (C=O) groups is 1. The molecule has 1 amide bonds. The van der Waals surface area contributed by atoms with Crippen LogP contribution in [0.5, 0.6) is 0 Å². The van der Waals surface area contributed by atoms with Crippen molar-refractivity contribution in [3.05, 3.63) is 17.5 Å². The van der Waals surface area contributed by atoms with Crippen LogP contribution in [0, 0.1) is 5.92 Å². The Hall–Kier alpha value is -1.32. The lowest BCUT2D eigenvalue weighted by molar-refractivity contribution is 0.0899. The summed E-state index contributed by atoms with van der Waals surface area (Å²) in [6.45, 7) is 2.18. The first kappa shape index (κ1) is 14.6. The minimum absolute atomic E-state index is 0.0605. The Morgan fingerprint density at radius 3 is 2.76 bits per heavy atom. The second kappa shape index (κ2) is 6.63. The molecule has 0 spiro atoms. The first-order chi connectivity index (χ1) is 10.3. The Bertz CT molecular complexity index is 473. The zero-order chi connectivity index (χ0) is 14.7. The molecular formula is C17H26N2O2. The van der Waals surface area contributed by atoms with E-state index in [0.717, 1.165) is 31.4 Å². The predicted octanol–water partition coefficient (Wildman–Crippen LogP) is 4.03. The predicted molar refractivity (Wildman–Crippen MR) is 81.2 cm³/mol. The minimum Gasteiger partial charge on any atom is -0.360 e. The molecule has 21 heavy (non-hydrogen) atoms. The first-order valence-electron chi connectivity index (χ1n) is 8.55. The van der Waals surface area contributed by atoms with E-state index < -0.39 is 0 Å². The van der Waals surface area contributed by atoms with Crippen LogP contribution in [-0.2, 0) is 0 Å². The van der Waals surface area contributed by atoms with Gasteiger partial charge >= 0.3 is 0 Å². The van der Waals surface area contributed by atoms with Crippen molar-refractivity contribution in [3.63, 3.8) is 0 Å². The fraction of sp³-hybridized carbons (Fsp3) is 0.765. The molecule has 1 atom stereocenters. The molecule has 1 aromatic heterocycles. The lowest BCUT2D eigenvalue weighted by Gasteiger charge is -2.30. The largest absolute Gasteiger partial charge is 0.360 e. The molecular weight excluding hydrogens is 264 g/mol. The van der Waals surface area contributed by atoms with E-state index in [0.29, 0.717) is 23.6 Å². The Morgan fingerprint density at radius 2 is 2.10 bits per heavy atom. The van der Waals surface area contributed by atoms with E-state index in [4.69, 9.17) is 4.52 Å². The summed E-state index contributed by atoms with van der Waals surface area (Å²) in [7, 11) is 0. The summed E-state index contributed by atoms with van der Waals surface area (Å²) in [4.78, 5) is 12.4. The molecule has 116 valence electrons. The van der Waals surface area contributed by atoms with Gasteiger partial charge < -0.3 is 9.84 Å². The van der Waals surface area contributed by atoms with Crippen molar-refractivity contribution in [2.24, 2.45) is 5.92 Å². The molecule has 2 saturated carbocycles. The third kappa shape index (κ3) is 3.66. The standard InChI is InChI=1S/C17H26N2O2/c1-2-6-14(12-7-4-3-5-8-12)18-17(20)15-11-16(21-19-15)13-9-10-13/h11-14H,2-10H2,1H3,(H,18,20). The number of rotatable bonds is 6. The van der Waals surface area contributed by atoms with E-state index in [1.807, 2.05) is 6.07 Å². The monoisotopic (exact) mass is 290 g/mol. The van der Waals surface area contributed by atoms with Crippen molar-refractivity contribution in [3.8, 4) is 0 Å². The van der Waals surface area contributed by atoms with Crippen LogP contribution in [0.2, 0.25) is 0 Å². The first-order valence-corrected chi connectivity index (χ1v) is 8.55. The molecule has 1 heterocycles. The molecule has 0 bridgehead atoms. The Morgan fingerprint density at radius 1 is 1.33 bits per heavy atom. The highest BCUT2D eigenvalue weighted by Crippen LogP contribution is 2.40. The molecule has 1 N–H and O–H groups in total. The number of carbonyl (C=O) groups excluding carboxylic acids is 1. The van der Waals surface area contributed by atoms with Crippen LogP contribution in [0.1, 0.15) is 86.9 Å². The maximum atomic E-state index is 12.4. The summed E-state index contributed by atoms with van der Waals surface area (Å²) < 4.78 is 5.29. The van der Waals surface area contributed by atoms with Crippen molar-refractivity contribution < 1.29 is 9.32 Å². The molecule has 3 rings (SSSR count). The number of hydrogen-bond donors (Lipinski definition) is 1. The number of aromatic nitrogens is 1. The summed E-state index contributed by atoms with van der Waals surface area (Å²) >= 11 is 0. The highest BCUT2D eigenvalue weighted by atomic mass is 16.5. The maximum absolute atomic E-state index is 12.4. The second-order valence-electron chi connectivity index (χ2n) is 6.66. The Balaban J connectivity index is 1.61. The average molecular weight is 290 g/mol. The van der Waals surface area contributed by atoms with Crippen molar-refractivity contribution >= 4 is 5.91 Å². The van der Waals surface area contributed by atoms with E-state index in [1.165, 1.54) is 32.1 Å². The Kier molecular flexibility index (Phi) is 4.61. The lowest BCUT2D eigenvalue weighted by Crippen LogP contribution is -2.41. The highest BCUT2D eigenvalue weighted by Gasteiger charge is 2.30. The fourth-order valence-corrected chi connectivity index (χ4v) is 3.47. The van der Waals surface area contributed by atoms with E-state index >= 15 is 0 Å². The highest BCUT2D eigenvalue weighted by molar-refractivity contribution is 5.92. The van der Waals surface area contributed by atoms with Gasteiger partial charge in [-0.05, 0) is 38.0 Å². The lowest BCUT2D eigenvalue weighted by atomic mass is 9.82. The van der Waals surface area contributed by atoms with Crippen LogP contribution in [0.25, 0.3) is 0 Å². The number of hydrogen-bond acceptors (Lipinski definition) is 3. The van der Waals surface area contributed by atoms with Gasteiger partial charge in [-0.2, -0.15) is 0 Å². The van der Waals surface area contributed by atoms with Gasteiger partial charge in [-0.1, -0.05) is 37.8 Å². The molecule has 0 radical (unpaired) electrons. The van der Waals surface area contributed by atoms with E-state index in [1.54, 1.807) is 0 Å². The van der Waals surface area contributed by atoms with E-state index in [9.17, 15) is 4.79 Å². The zero-order valence-corrected chi connectivity index (χ0v) is 12.9. The van der Waals surface area contributed by atoms with Crippen molar-refractivity contribution in [1.82, 2.24) is 10.5 Å². The summed E-state index contributed by atoms with van der Waals surface area (Å²) in [5.41, 5.74) is 0.453. The van der Waals surface area contributed by atoms with Crippen molar-refractivity contribution in [2.45, 2.75) is 76.7 Å². The van der Waals surface area contributed by atoms with Crippen LogP contribution in [-0.4, -0.2) is 17.1 Å². The van der Waals surface area contributed by atoms with E-state index in [2.05, 4.69) is 17.4 Å². The Labute approximate surface area is 126 Å². The minimum atomic E-state index is -0.0605. The van der Waals surface area contributed by atoms with Gasteiger partial charge in [0.15, 0.2) is 5.69 Å². The molecule has 4 nitrogen and oxygen atoms in total. The van der Waals surface area contributed by atoms with Crippen LogP contribution in [0.15, 0.2) is 10.6 Å². The quantitative estimate of drug-likeness (QED) is 0.860. The summed E-state index contributed by atoms with van der Waals surface area (Å²) in [5, 5.41) is 7.16. The topological polar surface area (TPSA) is 55.1 Å². The van der Waals surface area contributed by atoms with Crippen molar-refractivity contribution in [1.29, 1.82) is 0 Å². The van der Waals surface area contributed by atoms with Gasteiger partial charge in [-0.15, -0.1) is 0 Å². The molecule has 4 heteroatoms. The van der Waals surface area contributed by atoms with Crippen LogP contribution in [0.3, 0.4) is 0 Å². The summed E-state index contributed by atoms with van der Waals surface area (Å²) in [5.74, 6) is 1.96. The molecule has 2 aliphatic carbocycles. The molecule has 0 aliphatic heterocycles. The fourth-order valence-electron chi connectivity index (χ4n) is 3.47. The third-order valence-corrected chi connectivity index (χ3v) is 4.88. The number of nitrogens with zero attached hydrogens (tertiary/aromatic N) is 1. The van der Waals surface area contributed by atoms with Crippen LogP contribution in [0.4, 0.5) is 0 Å². The van der Waals surface area contributed by atoms with Gasteiger partial charge in [-0.25, -0.2) is 0 Å². The van der Waals surface area contributed by atoms with Gasteiger partial charge in [0, 0.05) is 18.0 Å². The second-order valence-corrected chi connectivity index (χ2v) is 6.66. The number of nitrogens with one attached hydrogen (secondary N) is 1.